The van der Waals surface area contributed by atoms with E-state index >= 15 is 0 Å². The maximum absolute atomic E-state index is 13.3. The molecule has 8 nitrogen and oxygen atoms in total. The summed E-state index contributed by atoms with van der Waals surface area (Å²) in [5, 5.41) is 22.3. The molecule has 0 aromatic heterocycles. The average Bonchev–Trinajstić information content (AvgIpc) is 3.41. The molecule has 4 atom stereocenters. The maximum Gasteiger partial charge on any atom is 0.407 e. The number of β-amino-alcohol motifs (C(OH)–C–C–N with tert-alkyl or cyclic N) is 1. The highest BCUT2D eigenvalue weighted by Crippen LogP contribution is 2.44. The van der Waals surface area contributed by atoms with Crippen LogP contribution in [0, 0.1) is 5.92 Å². The number of aliphatic hydroxyl groups excluding tert-OH is 1. The molecule has 35 heavy (non-hydrogen) atoms. The van der Waals surface area contributed by atoms with E-state index in [0.29, 0.717) is 12.8 Å². The topological polar surface area (TPSA) is 116 Å². The number of hydrogen-bond acceptors (Lipinski definition) is 5. The lowest BCUT2D eigenvalue weighted by Gasteiger charge is -2.34. The van der Waals surface area contributed by atoms with Gasteiger partial charge in [0.1, 0.15) is 12.6 Å². The summed E-state index contributed by atoms with van der Waals surface area (Å²) >= 11 is 0. The second-order valence-electron chi connectivity index (χ2n) is 9.70. The van der Waals surface area contributed by atoms with Gasteiger partial charge in [-0.05, 0) is 35.1 Å². The number of carbonyl (C=O) groups excluding carboxylic acids is 2. The molecule has 0 spiro atoms. The first-order valence-corrected chi connectivity index (χ1v) is 12.3. The van der Waals surface area contributed by atoms with E-state index < -0.39 is 36.2 Å². The zero-order chi connectivity index (χ0) is 24.5. The number of amides is 2. The fourth-order valence-electron chi connectivity index (χ4n) is 5.90. The maximum atomic E-state index is 13.3. The van der Waals surface area contributed by atoms with Crippen molar-refractivity contribution in [2.75, 3.05) is 13.2 Å². The molecule has 2 aliphatic carbocycles. The number of alkyl carbamates (subject to hydrolysis) is 1. The minimum atomic E-state index is -1.12. The first-order chi connectivity index (χ1) is 16.9. The molecule has 1 heterocycles. The minimum absolute atomic E-state index is 0.00393. The van der Waals surface area contributed by atoms with Crippen molar-refractivity contribution in [2.24, 2.45) is 5.92 Å². The second-order valence-corrected chi connectivity index (χ2v) is 9.70. The number of nitrogens with one attached hydrogen (secondary N) is 1. The van der Waals surface area contributed by atoms with Crippen molar-refractivity contribution in [3.63, 3.8) is 0 Å². The summed E-state index contributed by atoms with van der Waals surface area (Å²) in [6.07, 6.45) is 1.47. The number of hydrogen-bond donors (Lipinski definition) is 3. The number of rotatable bonds is 5. The van der Waals surface area contributed by atoms with Gasteiger partial charge in [-0.3, -0.25) is 4.79 Å². The van der Waals surface area contributed by atoms with Crippen LogP contribution >= 0.6 is 0 Å². The number of benzene rings is 2. The van der Waals surface area contributed by atoms with E-state index in [1.807, 2.05) is 24.3 Å². The zero-order valence-electron chi connectivity index (χ0n) is 19.4. The van der Waals surface area contributed by atoms with Gasteiger partial charge in [0.15, 0.2) is 0 Å². The summed E-state index contributed by atoms with van der Waals surface area (Å²) in [6, 6.07) is 14.8. The smallest absolute Gasteiger partial charge is 0.407 e. The van der Waals surface area contributed by atoms with Gasteiger partial charge in [-0.1, -0.05) is 61.4 Å². The van der Waals surface area contributed by atoms with Crippen molar-refractivity contribution in [1.29, 1.82) is 0 Å². The van der Waals surface area contributed by atoms with Crippen molar-refractivity contribution >= 4 is 18.0 Å². The monoisotopic (exact) mass is 478 g/mol. The molecule has 1 aliphatic heterocycles. The first-order valence-electron chi connectivity index (χ1n) is 12.3. The molecule has 2 fully saturated rings. The van der Waals surface area contributed by atoms with Crippen molar-refractivity contribution in [1.82, 2.24) is 10.2 Å². The quantitative estimate of drug-likeness (QED) is 0.608. The van der Waals surface area contributed by atoms with E-state index in [0.717, 1.165) is 35.1 Å². The van der Waals surface area contributed by atoms with Crippen molar-refractivity contribution in [2.45, 2.75) is 56.2 Å². The molecule has 1 saturated heterocycles. The van der Waals surface area contributed by atoms with Gasteiger partial charge >= 0.3 is 12.1 Å². The van der Waals surface area contributed by atoms with Crippen LogP contribution in [0.3, 0.4) is 0 Å². The summed E-state index contributed by atoms with van der Waals surface area (Å²) < 4.78 is 5.66. The van der Waals surface area contributed by atoms with Crippen molar-refractivity contribution in [3.8, 4) is 11.1 Å². The van der Waals surface area contributed by atoms with Gasteiger partial charge in [-0.2, -0.15) is 0 Å². The van der Waals surface area contributed by atoms with Crippen LogP contribution in [-0.2, 0) is 14.3 Å². The van der Waals surface area contributed by atoms with Gasteiger partial charge in [0, 0.05) is 24.9 Å². The Morgan fingerprint density at radius 3 is 2.26 bits per heavy atom. The van der Waals surface area contributed by atoms with Crippen molar-refractivity contribution in [3.05, 3.63) is 59.7 Å². The Hall–Kier alpha value is -3.39. The molecule has 2 unspecified atom stereocenters. The third kappa shape index (κ3) is 4.50. The number of carbonyl (C=O) groups is 3. The average molecular weight is 479 g/mol. The fourth-order valence-corrected chi connectivity index (χ4v) is 5.90. The van der Waals surface area contributed by atoms with E-state index in [1.54, 1.807) is 0 Å². The van der Waals surface area contributed by atoms with E-state index in [2.05, 4.69) is 29.6 Å². The van der Waals surface area contributed by atoms with Gasteiger partial charge in [-0.15, -0.1) is 0 Å². The Morgan fingerprint density at radius 2 is 1.60 bits per heavy atom. The molecule has 1 saturated carbocycles. The number of nitrogens with zero attached hydrogens (tertiary/aromatic N) is 1. The normalized spacial score (nSPS) is 25.6. The Kier molecular flexibility index (Phi) is 6.47. The molecule has 2 aromatic rings. The number of carboxylic acids is 1. The summed E-state index contributed by atoms with van der Waals surface area (Å²) in [6.45, 7) is 0.189. The van der Waals surface area contributed by atoms with Gasteiger partial charge < -0.3 is 25.2 Å². The van der Waals surface area contributed by atoms with Crippen LogP contribution in [0.5, 0.6) is 0 Å². The summed E-state index contributed by atoms with van der Waals surface area (Å²) in [5.41, 5.74) is 4.55. The molecular weight excluding hydrogens is 448 g/mol. The molecule has 8 heteroatoms. The number of likely N-dealkylation sites (tertiary alicyclic amines) is 1. The largest absolute Gasteiger partial charge is 0.480 e. The van der Waals surface area contributed by atoms with Crippen LogP contribution in [-0.4, -0.2) is 64.4 Å². The third-order valence-corrected chi connectivity index (χ3v) is 7.58. The standard InChI is InChI=1S/C27H30N2O6/c30-16-13-24(26(32)33)29(14-16)25(31)21-11-5-6-12-23(21)28-27(34)35-15-22-19-9-3-1-7-17(19)18-8-2-4-10-20(18)22/h1-4,7-10,16,21-24,30H,5-6,11-15H2,(H,28,34)(H,32,33)/t16-,21?,23?,24-/m0/s1. The lowest BCUT2D eigenvalue weighted by Crippen LogP contribution is -2.52. The highest BCUT2D eigenvalue weighted by atomic mass is 16.5. The molecule has 2 aromatic carbocycles. The van der Waals surface area contributed by atoms with Crippen LogP contribution in [0.25, 0.3) is 11.1 Å². The summed E-state index contributed by atoms with van der Waals surface area (Å²) in [7, 11) is 0. The SMILES string of the molecule is O=C(NC1CCCCC1C(=O)N1C[C@@H](O)C[C@H]1C(=O)O)OCC1c2ccccc2-c2ccccc21. The van der Waals surface area contributed by atoms with Gasteiger partial charge in [0.05, 0.1) is 12.0 Å². The molecule has 3 aliphatic rings. The predicted molar refractivity (Wildman–Crippen MR) is 128 cm³/mol. The highest BCUT2D eigenvalue weighted by molar-refractivity contribution is 5.87. The molecule has 0 bridgehead atoms. The number of fused-ring (bicyclic) bond motifs is 3. The Morgan fingerprint density at radius 1 is 0.971 bits per heavy atom. The van der Waals surface area contributed by atoms with Crippen LogP contribution in [0.1, 0.15) is 49.1 Å². The molecule has 3 N–H and O–H groups in total. The number of aliphatic carboxylic acids is 1. The molecule has 5 rings (SSSR count). The number of ether oxygens (including phenoxy) is 1. The van der Waals surface area contributed by atoms with Crippen LogP contribution < -0.4 is 5.32 Å². The van der Waals surface area contributed by atoms with E-state index in [4.69, 9.17) is 4.74 Å². The van der Waals surface area contributed by atoms with Gasteiger partial charge in [0.25, 0.3) is 0 Å². The summed E-state index contributed by atoms with van der Waals surface area (Å²) in [4.78, 5) is 38.9. The number of carboxylic acid groups (broad SMARTS) is 1. The number of aliphatic hydroxyl groups is 1. The minimum Gasteiger partial charge on any atom is -0.480 e. The molecular formula is C27H30N2O6. The third-order valence-electron chi connectivity index (χ3n) is 7.58. The van der Waals surface area contributed by atoms with Gasteiger partial charge in [0.2, 0.25) is 5.91 Å². The molecule has 2 amide bonds. The fraction of sp³-hybridized carbons (Fsp3) is 0.444. The lowest BCUT2D eigenvalue weighted by molar-refractivity contribution is -0.150. The van der Waals surface area contributed by atoms with Gasteiger partial charge in [-0.25, -0.2) is 9.59 Å². The van der Waals surface area contributed by atoms with Crippen LogP contribution in [0.15, 0.2) is 48.5 Å². The van der Waals surface area contributed by atoms with Crippen LogP contribution in [0.2, 0.25) is 0 Å². The zero-order valence-corrected chi connectivity index (χ0v) is 19.4. The second kappa shape index (κ2) is 9.70. The van der Waals surface area contributed by atoms with E-state index in [1.165, 1.54) is 4.90 Å². The highest BCUT2D eigenvalue weighted by Gasteiger charge is 2.44. The Bertz CT molecular complexity index is 1090. The Labute approximate surface area is 203 Å². The van der Waals surface area contributed by atoms with E-state index in [9.17, 15) is 24.6 Å². The molecule has 0 radical (unpaired) electrons. The Balaban J connectivity index is 1.25. The lowest BCUT2D eigenvalue weighted by atomic mass is 9.83. The molecule has 184 valence electrons. The first kappa shape index (κ1) is 23.4. The summed E-state index contributed by atoms with van der Waals surface area (Å²) in [5.74, 6) is -2.03. The van der Waals surface area contributed by atoms with Crippen LogP contribution in [0.4, 0.5) is 4.79 Å². The van der Waals surface area contributed by atoms with E-state index in [-0.39, 0.29) is 31.4 Å². The van der Waals surface area contributed by atoms with Crippen molar-refractivity contribution < 1.29 is 29.3 Å². The predicted octanol–water partition coefficient (Wildman–Crippen LogP) is 3.13.